The van der Waals surface area contributed by atoms with E-state index in [1.807, 2.05) is 78.9 Å². The van der Waals surface area contributed by atoms with E-state index in [0.717, 1.165) is 38.7 Å². The van der Waals surface area contributed by atoms with Crippen LogP contribution >= 0.6 is 11.8 Å². The summed E-state index contributed by atoms with van der Waals surface area (Å²) in [4.78, 5) is 5.24. The molecule has 8 heteroatoms. The second kappa shape index (κ2) is 10.6. The fourth-order valence-electron chi connectivity index (χ4n) is 5.39. The smallest absolute Gasteiger partial charge is 0.219 e. The lowest BCUT2D eigenvalue weighted by atomic mass is 10.0. The van der Waals surface area contributed by atoms with Gasteiger partial charge in [-0.2, -0.15) is 0 Å². The quantitative estimate of drug-likeness (QED) is 0.217. The molecule has 0 aliphatic heterocycles. The predicted molar refractivity (Wildman–Crippen MR) is 163 cm³/mol. The number of nitrogens with zero attached hydrogens (tertiary/aromatic N) is 3. The lowest BCUT2D eigenvalue weighted by molar-refractivity contribution is 0.557. The molecule has 1 aliphatic rings. The summed E-state index contributed by atoms with van der Waals surface area (Å²) in [5.41, 5.74) is 5.26. The average Bonchev–Trinajstić information content (AvgIpc) is 3.31. The van der Waals surface area contributed by atoms with Crippen molar-refractivity contribution in [3.05, 3.63) is 139 Å². The average molecular weight is 573 g/mol. The summed E-state index contributed by atoms with van der Waals surface area (Å²) in [6, 6.07) is 39.9. The van der Waals surface area contributed by atoms with Crippen molar-refractivity contribution in [2.45, 2.75) is 21.3 Å². The number of hydrogen-bond donors (Lipinski definition) is 1. The molecule has 200 valence electrons. The van der Waals surface area contributed by atoms with E-state index in [1.165, 1.54) is 11.8 Å². The zero-order valence-corrected chi connectivity index (χ0v) is 23.4. The summed E-state index contributed by atoms with van der Waals surface area (Å²) in [7, 11) is -3.80. The Morgan fingerprint density at radius 1 is 0.610 bits per heavy atom. The molecule has 41 heavy (non-hydrogen) atoms. The number of hydrogen-bond acceptors (Lipinski definition) is 6. The summed E-state index contributed by atoms with van der Waals surface area (Å²) < 4.78 is 30.1. The van der Waals surface area contributed by atoms with Gasteiger partial charge in [-0.3, -0.25) is 0 Å². The number of aromatic nitrogens is 3. The minimum absolute atomic E-state index is 0.225. The van der Waals surface area contributed by atoms with Gasteiger partial charge in [-0.1, -0.05) is 127 Å². The monoisotopic (exact) mass is 572 g/mol. The van der Waals surface area contributed by atoms with E-state index in [-0.39, 0.29) is 10.1 Å². The molecule has 0 unspecified atom stereocenters. The summed E-state index contributed by atoms with van der Waals surface area (Å²) in [6.07, 6.45) is 0. The van der Waals surface area contributed by atoms with Gasteiger partial charge in [-0.25, -0.2) is 18.1 Å². The van der Waals surface area contributed by atoms with Crippen LogP contribution in [0.2, 0.25) is 0 Å². The first kappa shape index (κ1) is 25.6. The molecule has 0 fully saturated rings. The Bertz CT molecular complexity index is 1960. The number of rotatable bonds is 7. The van der Waals surface area contributed by atoms with Gasteiger partial charge in [0.25, 0.3) is 0 Å². The van der Waals surface area contributed by atoms with Gasteiger partial charge in [0.2, 0.25) is 15.2 Å². The summed E-state index contributed by atoms with van der Waals surface area (Å²) >= 11 is 1.43. The molecular weight excluding hydrogens is 549 g/mol. The maximum absolute atomic E-state index is 13.5. The maximum atomic E-state index is 13.5. The lowest BCUT2D eigenvalue weighted by Crippen LogP contribution is -2.30. The number of benzene rings is 5. The van der Waals surface area contributed by atoms with Crippen molar-refractivity contribution in [2.75, 3.05) is 0 Å². The van der Waals surface area contributed by atoms with Crippen molar-refractivity contribution in [2.24, 2.45) is 0 Å². The van der Waals surface area contributed by atoms with Crippen LogP contribution in [0.5, 0.6) is 0 Å². The molecule has 6 aromatic rings. The van der Waals surface area contributed by atoms with E-state index in [2.05, 4.69) is 33.1 Å². The zero-order valence-electron chi connectivity index (χ0n) is 21.8. The summed E-state index contributed by atoms with van der Waals surface area (Å²) in [6.45, 7) is 0. The molecule has 1 N–H and O–H groups in total. The molecule has 0 radical (unpaired) electrons. The largest absolute Gasteiger partial charge is 0.241 e. The van der Waals surface area contributed by atoms with Crippen LogP contribution in [0.1, 0.15) is 22.4 Å². The Balaban J connectivity index is 1.33. The normalized spacial score (nSPS) is 16.2. The Hall–Kier alpha value is -4.37. The zero-order chi connectivity index (χ0) is 27.8. The van der Waals surface area contributed by atoms with Gasteiger partial charge in [-0.15, -0.1) is 10.2 Å². The van der Waals surface area contributed by atoms with E-state index in [1.54, 1.807) is 30.3 Å². The molecule has 0 saturated heterocycles. The molecule has 5 aromatic carbocycles. The fourth-order valence-corrected chi connectivity index (χ4v) is 7.86. The third-order valence-corrected chi connectivity index (χ3v) is 9.86. The van der Waals surface area contributed by atoms with Gasteiger partial charge in [0.05, 0.1) is 16.2 Å². The third-order valence-electron chi connectivity index (χ3n) is 7.24. The van der Waals surface area contributed by atoms with E-state index < -0.39 is 16.1 Å². The first-order valence-electron chi connectivity index (χ1n) is 13.2. The van der Waals surface area contributed by atoms with E-state index >= 15 is 0 Å². The lowest BCUT2D eigenvalue weighted by Gasteiger charge is -2.22. The molecule has 0 spiro atoms. The van der Waals surface area contributed by atoms with E-state index in [9.17, 15) is 8.42 Å². The molecule has 1 aromatic heterocycles. The number of nitrogens with one attached hydrogen (secondary N) is 1. The molecular formula is C33H24N4O2S2. The first-order valence-corrected chi connectivity index (χ1v) is 15.6. The molecule has 6 nitrogen and oxygen atoms in total. The number of sulfonamides is 1. The van der Waals surface area contributed by atoms with Crippen molar-refractivity contribution >= 4 is 32.6 Å². The number of thioether (sulfide) groups is 1. The van der Waals surface area contributed by atoms with Gasteiger partial charge < -0.3 is 0 Å². The van der Waals surface area contributed by atoms with Crippen LogP contribution in [-0.4, -0.2) is 23.6 Å². The topological polar surface area (TPSA) is 84.8 Å². The Morgan fingerprint density at radius 2 is 1.20 bits per heavy atom. The van der Waals surface area contributed by atoms with Crippen LogP contribution in [0.3, 0.4) is 0 Å². The van der Waals surface area contributed by atoms with Crippen LogP contribution in [0.25, 0.3) is 33.3 Å². The standard InChI is InChI=1S/C33H24N4O2S2/c38-41(39,25-18-8-3-9-19-25)37-31-26-20-10-16-22-17-11-21-27(28(22)26)32(31)40-33-34-29(23-12-4-1-5-13-23)30(35-36-33)24-14-6-2-7-15-24/h1-21,31-32,37H/t31-,32-/m1/s1. The van der Waals surface area contributed by atoms with Gasteiger partial charge in [0.1, 0.15) is 11.4 Å². The van der Waals surface area contributed by atoms with Gasteiger partial charge in [0.15, 0.2) is 0 Å². The molecule has 0 bridgehead atoms. The van der Waals surface area contributed by atoms with Crippen molar-refractivity contribution in [1.82, 2.24) is 19.9 Å². The van der Waals surface area contributed by atoms with Crippen molar-refractivity contribution in [3.63, 3.8) is 0 Å². The Labute approximate surface area is 242 Å². The van der Waals surface area contributed by atoms with Crippen LogP contribution < -0.4 is 4.72 Å². The second-order valence-electron chi connectivity index (χ2n) is 9.77. The predicted octanol–water partition coefficient (Wildman–Crippen LogP) is 7.23. The Morgan fingerprint density at radius 3 is 1.85 bits per heavy atom. The minimum Gasteiger partial charge on any atom is -0.219 e. The molecule has 1 aliphatic carbocycles. The highest BCUT2D eigenvalue weighted by Crippen LogP contribution is 2.53. The van der Waals surface area contributed by atoms with E-state index in [4.69, 9.17) is 4.98 Å². The van der Waals surface area contributed by atoms with Gasteiger partial charge in [0, 0.05) is 11.1 Å². The van der Waals surface area contributed by atoms with Gasteiger partial charge in [-0.05, 0) is 34.0 Å². The highest BCUT2D eigenvalue weighted by molar-refractivity contribution is 7.99. The van der Waals surface area contributed by atoms with Crippen molar-refractivity contribution < 1.29 is 8.42 Å². The third kappa shape index (κ3) is 4.80. The van der Waals surface area contributed by atoms with Gasteiger partial charge >= 0.3 is 0 Å². The van der Waals surface area contributed by atoms with Crippen LogP contribution in [-0.2, 0) is 10.0 Å². The van der Waals surface area contributed by atoms with Crippen molar-refractivity contribution in [3.8, 4) is 22.5 Å². The molecule has 7 rings (SSSR count). The molecule has 1 heterocycles. The summed E-state index contributed by atoms with van der Waals surface area (Å²) in [5.74, 6) is 0. The van der Waals surface area contributed by atoms with Crippen LogP contribution in [0, 0.1) is 0 Å². The molecule has 0 saturated carbocycles. The van der Waals surface area contributed by atoms with Crippen LogP contribution in [0.15, 0.2) is 137 Å². The minimum atomic E-state index is -3.80. The maximum Gasteiger partial charge on any atom is 0.241 e. The molecule has 0 amide bonds. The van der Waals surface area contributed by atoms with Crippen LogP contribution in [0.4, 0.5) is 0 Å². The highest BCUT2D eigenvalue weighted by Gasteiger charge is 2.38. The SMILES string of the molecule is O=S(=O)(N[C@@H]1c2cccc3cccc(c23)[C@H]1Sc1nnc(-c2ccccc2)c(-c2ccccc2)n1)c1ccccc1. The second-order valence-corrected chi connectivity index (χ2v) is 12.6. The first-order chi connectivity index (χ1) is 20.1. The highest BCUT2D eigenvalue weighted by atomic mass is 32.2. The summed E-state index contributed by atoms with van der Waals surface area (Å²) in [5, 5.41) is 11.5. The molecule has 2 atom stereocenters. The fraction of sp³-hybridized carbons (Fsp3) is 0.0606. The Kier molecular flexibility index (Phi) is 6.59. The van der Waals surface area contributed by atoms with E-state index in [0.29, 0.717) is 10.9 Å². The van der Waals surface area contributed by atoms with Crippen molar-refractivity contribution in [1.29, 1.82) is 0 Å².